The summed E-state index contributed by atoms with van der Waals surface area (Å²) >= 11 is 0. The van der Waals surface area contributed by atoms with Gasteiger partial charge in [-0.1, -0.05) is 12.8 Å². The van der Waals surface area contributed by atoms with Crippen molar-refractivity contribution in [3.63, 3.8) is 0 Å². The van der Waals surface area contributed by atoms with E-state index in [1.165, 1.54) is 0 Å². The van der Waals surface area contributed by atoms with Gasteiger partial charge in [0.05, 0.1) is 7.11 Å². The molecule has 0 heterocycles. The molecule has 0 saturated carbocycles. The van der Waals surface area contributed by atoms with Crippen molar-refractivity contribution < 1.29 is 9.94 Å². The molecular formula is C7H18N2O2. The fourth-order valence-electron chi connectivity index (χ4n) is 0.802. The highest BCUT2D eigenvalue weighted by Gasteiger charge is 1.87. The molecule has 0 aliphatic carbocycles. The van der Waals surface area contributed by atoms with Crippen LogP contribution in [0, 0.1) is 0 Å². The average Bonchev–Trinajstić information content (AvgIpc) is 2.03. The molecule has 0 unspecified atom stereocenters. The van der Waals surface area contributed by atoms with Crippen molar-refractivity contribution in [2.45, 2.75) is 25.7 Å². The molecule has 4 nitrogen and oxygen atoms in total. The molecule has 0 fully saturated rings. The molecule has 0 aliphatic heterocycles. The summed E-state index contributed by atoms with van der Waals surface area (Å²) in [5.74, 6) is 0. The lowest BCUT2D eigenvalue weighted by molar-refractivity contribution is 0.0553. The lowest BCUT2D eigenvalue weighted by Gasteiger charge is -2.02. The van der Waals surface area contributed by atoms with Gasteiger partial charge in [-0.3, -0.25) is 4.84 Å². The minimum Gasteiger partial charge on any atom is -0.396 e. The molecule has 3 N–H and O–H groups in total. The van der Waals surface area contributed by atoms with Crippen molar-refractivity contribution in [1.29, 1.82) is 0 Å². The molecule has 0 spiro atoms. The fourth-order valence-corrected chi connectivity index (χ4v) is 0.802. The standard InChI is InChI=1S/C7H18N2O2/c1-11-9-8-6-4-2-3-5-7-10/h8-10H,2-7H2,1H3. The number of unbranched alkanes of at least 4 members (excludes halogenated alkanes) is 3. The van der Waals surface area contributed by atoms with Crippen LogP contribution in [0.5, 0.6) is 0 Å². The molecular weight excluding hydrogens is 144 g/mol. The monoisotopic (exact) mass is 162 g/mol. The molecule has 4 heteroatoms. The van der Waals surface area contributed by atoms with E-state index in [0.29, 0.717) is 6.61 Å². The molecule has 0 atom stereocenters. The molecule has 0 saturated heterocycles. The average molecular weight is 162 g/mol. The van der Waals surface area contributed by atoms with Crippen molar-refractivity contribution in [1.82, 2.24) is 11.0 Å². The first-order chi connectivity index (χ1) is 5.41. The van der Waals surface area contributed by atoms with E-state index in [1.54, 1.807) is 7.11 Å². The smallest absolute Gasteiger partial charge is 0.0588 e. The minimum atomic E-state index is 0.309. The van der Waals surface area contributed by atoms with Gasteiger partial charge in [0.1, 0.15) is 0 Å². The van der Waals surface area contributed by atoms with Crippen molar-refractivity contribution in [3.8, 4) is 0 Å². The van der Waals surface area contributed by atoms with Crippen LogP contribution in [0.4, 0.5) is 0 Å². The Hall–Kier alpha value is -0.160. The quantitative estimate of drug-likeness (QED) is 0.352. The molecule has 0 radical (unpaired) electrons. The van der Waals surface area contributed by atoms with Gasteiger partial charge in [0.15, 0.2) is 0 Å². The molecule has 0 rings (SSSR count). The Morgan fingerprint density at radius 2 is 1.91 bits per heavy atom. The van der Waals surface area contributed by atoms with E-state index in [1.807, 2.05) is 0 Å². The summed E-state index contributed by atoms with van der Waals surface area (Å²) in [6.07, 6.45) is 4.28. The van der Waals surface area contributed by atoms with Gasteiger partial charge in [-0.2, -0.15) is 0 Å². The summed E-state index contributed by atoms with van der Waals surface area (Å²) in [7, 11) is 1.57. The van der Waals surface area contributed by atoms with Crippen molar-refractivity contribution in [2.75, 3.05) is 20.3 Å². The van der Waals surface area contributed by atoms with Gasteiger partial charge in [0.25, 0.3) is 0 Å². The molecule has 0 aliphatic rings. The molecule has 0 aromatic heterocycles. The van der Waals surface area contributed by atoms with Crippen molar-refractivity contribution in [2.24, 2.45) is 0 Å². The molecule has 0 aromatic carbocycles. The largest absolute Gasteiger partial charge is 0.396 e. The fraction of sp³-hybridized carbons (Fsp3) is 1.00. The molecule has 0 bridgehead atoms. The van der Waals surface area contributed by atoms with Crippen LogP contribution in [0.25, 0.3) is 0 Å². The second-order valence-corrected chi connectivity index (χ2v) is 2.37. The van der Waals surface area contributed by atoms with E-state index in [4.69, 9.17) is 5.11 Å². The maximum Gasteiger partial charge on any atom is 0.0588 e. The number of nitrogens with one attached hydrogen (secondary N) is 2. The SMILES string of the molecule is CONNCCCCCCO. The Labute approximate surface area is 67.9 Å². The van der Waals surface area contributed by atoms with Gasteiger partial charge in [0.2, 0.25) is 0 Å². The van der Waals surface area contributed by atoms with Crippen LogP contribution in [0.15, 0.2) is 0 Å². The van der Waals surface area contributed by atoms with Crippen molar-refractivity contribution >= 4 is 0 Å². The Kier molecular flexibility index (Phi) is 9.70. The summed E-state index contributed by atoms with van der Waals surface area (Å²) in [6.45, 7) is 1.21. The van der Waals surface area contributed by atoms with Crippen LogP contribution < -0.4 is 11.0 Å². The maximum atomic E-state index is 8.46. The Balaban J connectivity index is 2.69. The van der Waals surface area contributed by atoms with Crippen LogP contribution in [0.3, 0.4) is 0 Å². The summed E-state index contributed by atoms with van der Waals surface area (Å²) < 4.78 is 0. The van der Waals surface area contributed by atoms with E-state index in [0.717, 1.165) is 32.2 Å². The predicted octanol–water partition coefficient (Wildman–Crippen LogP) is 0.195. The van der Waals surface area contributed by atoms with E-state index >= 15 is 0 Å². The zero-order valence-electron chi connectivity index (χ0n) is 7.10. The third kappa shape index (κ3) is 9.84. The Morgan fingerprint density at radius 3 is 2.55 bits per heavy atom. The van der Waals surface area contributed by atoms with E-state index in [-0.39, 0.29) is 0 Å². The van der Waals surface area contributed by atoms with Gasteiger partial charge in [-0.15, -0.1) is 5.59 Å². The summed E-state index contributed by atoms with van der Waals surface area (Å²) in [5.41, 5.74) is 5.42. The molecule has 68 valence electrons. The number of hydrogen-bond acceptors (Lipinski definition) is 4. The zero-order valence-corrected chi connectivity index (χ0v) is 7.10. The van der Waals surface area contributed by atoms with Crippen LogP contribution in [-0.4, -0.2) is 25.4 Å². The molecule has 11 heavy (non-hydrogen) atoms. The zero-order chi connectivity index (χ0) is 8.36. The summed E-state index contributed by atoms with van der Waals surface area (Å²) in [4.78, 5) is 4.57. The molecule has 0 aromatic rings. The van der Waals surface area contributed by atoms with Crippen LogP contribution in [0.1, 0.15) is 25.7 Å². The third-order valence-corrected chi connectivity index (χ3v) is 1.38. The minimum absolute atomic E-state index is 0.309. The normalized spacial score (nSPS) is 10.4. The van der Waals surface area contributed by atoms with Gasteiger partial charge >= 0.3 is 0 Å². The van der Waals surface area contributed by atoms with Crippen molar-refractivity contribution in [3.05, 3.63) is 0 Å². The number of aliphatic hydroxyl groups excluding tert-OH is 1. The van der Waals surface area contributed by atoms with Gasteiger partial charge in [-0.05, 0) is 12.8 Å². The maximum absolute atomic E-state index is 8.46. The van der Waals surface area contributed by atoms with E-state index in [2.05, 4.69) is 15.9 Å². The number of aliphatic hydroxyl groups is 1. The van der Waals surface area contributed by atoms with Crippen LogP contribution in [-0.2, 0) is 4.84 Å². The highest BCUT2D eigenvalue weighted by atomic mass is 16.7. The second-order valence-electron chi connectivity index (χ2n) is 2.37. The van der Waals surface area contributed by atoms with Gasteiger partial charge in [-0.25, -0.2) is 5.43 Å². The Bertz CT molecular complexity index is 63.5. The number of hydrazine groups is 1. The summed E-state index contributed by atoms with van der Waals surface area (Å²) in [5, 5.41) is 8.46. The predicted molar refractivity (Wildman–Crippen MR) is 43.7 cm³/mol. The van der Waals surface area contributed by atoms with Crippen LogP contribution >= 0.6 is 0 Å². The highest BCUT2D eigenvalue weighted by molar-refractivity contribution is 4.43. The van der Waals surface area contributed by atoms with E-state index < -0.39 is 0 Å². The first-order valence-corrected chi connectivity index (χ1v) is 4.03. The van der Waals surface area contributed by atoms with Crippen LogP contribution in [0.2, 0.25) is 0 Å². The van der Waals surface area contributed by atoms with Gasteiger partial charge < -0.3 is 5.11 Å². The molecule has 0 amide bonds. The lowest BCUT2D eigenvalue weighted by Crippen LogP contribution is -2.31. The number of rotatable bonds is 8. The summed E-state index contributed by atoms with van der Waals surface area (Å²) in [6, 6.07) is 0. The Morgan fingerprint density at radius 1 is 1.18 bits per heavy atom. The van der Waals surface area contributed by atoms with Gasteiger partial charge in [0, 0.05) is 13.2 Å². The first kappa shape index (κ1) is 10.8. The topological polar surface area (TPSA) is 53.5 Å². The second kappa shape index (κ2) is 9.84. The highest BCUT2D eigenvalue weighted by Crippen LogP contribution is 1.96. The lowest BCUT2D eigenvalue weighted by atomic mass is 10.2. The van der Waals surface area contributed by atoms with E-state index in [9.17, 15) is 0 Å². The number of hydrogen-bond donors (Lipinski definition) is 3. The third-order valence-electron chi connectivity index (χ3n) is 1.38. The first-order valence-electron chi connectivity index (χ1n) is 4.03.